The molecule has 1 aromatic heterocycles. The number of aryl methyl sites for hydroxylation is 2. The van der Waals surface area contributed by atoms with Gasteiger partial charge in [0.1, 0.15) is 0 Å². The first-order chi connectivity index (χ1) is 14.0. The van der Waals surface area contributed by atoms with Crippen LogP contribution >= 0.6 is 0 Å². The van der Waals surface area contributed by atoms with Crippen LogP contribution < -0.4 is 10.2 Å². The summed E-state index contributed by atoms with van der Waals surface area (Å²) in [6.07, 6.45) is 1.83. The number of nitrogens with zero attached hydrogens (tertiary/aromatic N) is 2. The SMILES string of the molecule is Cc1ccc(N2C(=O)c3cccnc3[C@H]2CC(=O)NCc2ccccc2C)cc1. The Bertz CT molecular complexity index is 1060. The molecule has 0 bridgehead atoms. The number of pyridine rings is 1. The maximum Gasteiger partial charge on any atom is 0.260 e. The fourth-order valence-electron chi connectivity index (χ4n) is 3.70. The standard InChI is InChI=1S/C24H23N3O2/c1-16-9-11-19(12-10-16)27-21(23-20(24(27)29)8-5-13-25-23)14-22(28)26-15-18-7-4-3-6-17(18)2/h3-13,21H,14-15H2,1-2H3,(H,26,28)/t21-/m1/s1. The van der Waals surface area contributed by atoms with Crippen LogP contribution in [-0.2, 0) is 11.3 Å². The molecule has 29 heavy (non-hydrogen) atoms. The van der Waals surface area contributed by atoms with Gasteiger partial charge < -0.3 is 5.32 Å². The van der Waals surface area contributed by atoms with Crippen LogP contribution in [0.2, 0.25) is 0 Å². The van der Waals surface area contributed by atoms with Crippen molar-refractivity contribution in [3.8, 4) is 0 Å². The molecule has 5 nitrogen and oxygen atoms in total. The molecule has 0 unspecified atom stereocenters. The van der Waals surface area contributed by atoms with Gasteiger partial charge in [0.25, 0.3) is 5.91 Å². The lowest BCUT2D eigenvalue weighted by Crippen LogP contribution is -2.33. The van der Waals surface area contributed by atoms with Gasteiger partial charge in [0.15, 0.2) is 0 Å². The predicted octanol–water partition coefficient (Wildman–Crippen LogP) is 4.11. The summed E-state index contributed by atoms with van der Waals surface area (Å²) in [5.41, 5.74) is 5.32. The van der Waals surface area contributed by atoms with E-state index in [-0.39, 0.29) is 18.2 Å². The van der Waals surface area contributed by atoms with E-state index in [1.165, 1.54) is 0 Å². The smallest absolute Gasteiger partial charge is 0.260 e. The van der Waals surface area contributed by atoms with E-state index < -0.39 is 6.04 Å². The molecule has 1 atom stereocenters. The number of benzene rings is 2. The van der Waals surface area contributed by atoms with Crippen LogP contribution in [0, 0.1) is 13.8 Å². The second-order valence-electron chi connectivity index (χ2n) is 7.37. The molecule has 1 N–H and O–H groups in total. The maximum atomic E-state index is 13.1. The van der Waals surface area contributed by atoms with Crippen LogP contribution in [0.1, 0.15) is 45.2 Å². The average molecular weight is 385 g/mol. The molecule has 2 aromatic carbocycles. The van der Waals surface area contributed by atoms with Gasteiger partial charge in [-0.2, -0.15) is 0 Å². The van der Waals surface area contributed by atoms with Crippen LogP contribution in [0.25, 0.3) is 0 Å². The average Bonchev–Trinajstić information content (AvgIpc) is 3.00. The van der Waals surface area contributed by atoms with Crippen molar-refractivity contribution in [2.45, 2.75) is 32.9 Å². The van der Waals surface area contributed by atoms with E-state index >= 15 is 0 Å². The molecule has 0 fully saturated rings. The zero-order chi connectivity index (χ0) is 20.4. The molecule has 0 radical (unpaired) electrons. The maximum absolute atomic E-state index is 13.1. The van der Waals surface area contributed by atoms with Gasteiger partial charge in [0, 0.05) is 18.4 Å². The molecule has 0 saturated carbocycles. The highest BCUT2D eigenvalue weighted by atomic mass is 16.2. The van der Waals surface area contributed by atoms with Crippen molar-refractivity contribution in [2.24, 2.45) is 0 Å². The molecule has 3 aromatic rings. The first kappa shape index (κ1) is 18.9. The molecule has 146 valence electrons. The van der Waals surface area contributed by atoms with Crippen molar-refractivity contribution in [3.05, 3.63) is 94.8 Å². The zero-order valence-corrected chi connectivity index (χ0v) is 16.6. The van der Waals surface area contributed by atoms with Crippen LogP contribution in [0.4, 0.5) is 5.69 Å². The van der Waals surface area contributed by atoms with Gasteiger partial charge in [0.05, 0.1) is 23.7 Å². The Kier molecular flexibility index (Phi) is 5.12. The lowest BCUT2D eigenvalue weighted by molar-refractivity contribution is -0.121. The number of carbonyl (C=O) groups excluding carboxylic acids is 2. The van der Waals surface area contributed by atoms with Crippen molar-refractivity contribution in [3.63, 3.8) is 0 Å². The lowest BCUT2D eigenvalue weighted by atomic mass is 10.1. The Labute approximate surface area is 170 Å². The zero-order valence-electron chi connectivity index (χ0n) is 16.6. The van der Waals surface area contributed by atoms with E-state index in [1.807, 2.05) is 62.4 Å². The molecule has 2 heterocycles. The monoisotopic (exact) mass is 385 g/mol. The fourth-order valence-corrected chi connectivity index (χ4v) is 3.70. The third-order valence-corrected chi connectivity index (χ3v) is 5.34. The predicted molar refractivity (Wildman–Crippen MR) is 113 cm³/mol. The van der Waals surface area contributed by atoms with Crippen molar-refractivity contribution in [2.75, 3.05) is 4.90 Å². The molecule has 0 spiro atoms. The summed E-state index contributed by atoms with van der Waals surface area (Å²) >= 11 is 0. The molecular formula is C24H23N3O2. The van der Waals surface area contributed by atoms with E-state index in [9.17, 15) is 9.59 Å². The van der Waals surface area contributed by atoms with E-state index in [4.69, 9.17) is 0 Å². The number of amides is 2. The Hall–Kier alpha value is -3.47. The summed E-state index contributed by atoms with van der Waals surface area (Å²) in [5.74, 6) is -0.227. The summed E-state index contributed by atoms with van der Waals surface area (Å²) in [6, 6.07) is 18.8. The van der Waals surface area contributed by atoms with E-state index in [0.29, 0.717) is 17.8 Å². The first-order valence-electron chi connectivity index (χ1n) is 9.71. The number of fused-ring (bicyclic) bond motifs is 1. The number of hydrogen-bond donors (Lipinski definition) is 1. The van der Waals surface area contributed by atoms with Crippen molar-refractivity contribution < 1.29 is 9.59 Å². The Morgan fingerprint density at radius 3 is 2.55 bits per heavy atom. The summed E-state index contributed by atoms with van der Waals surface area (Å²) in [7, 11) is 0. The van der Waals surface area contributed by atoms with Gasteiger partial charge in [0.2, 0.25) is 5.91 Å². The number of aromatic nitrogens is 1. The highest BCUT2D eigenvalue weighted by Crippen LogP contribution is 2.38. The highest BCUT2D eigenvalue weighted by Gasteiger charge is 2.39. The Morgan fingerprint density at radius 1 is 1.03 bits per heavy atom. The number of anilines is 1. The number of nitrogens with one attached hydrogen (secondary N) is 1. The van der Waals surface area contributed by atoms with Crippen molar-refractivity contribution >= 4 is 17.5 Å². The van der Waals surface area contributed by atoms with E-state index in [0.717, 1.165) is 22.4 Å². The third-order valence-electron chi connectivity index (χ3n) is 5.34. The summed E-state index contributed by atoms with van der Waals surface area (Å²) < 4.78 is 0. The molecule has 1 aliphatic heterocycles. The molecule has 0 aliphatic carbocycles. The van der Waals surface area contributed by atoms with Crippen molar-refractivity contribution in [1.29, 1.82) is 0 Å². The van der Waals surface area contributed by atoms with Crippen LogP contribution in [0.5, 0.6) is 0 Å². The number of carbonyl (C=O) groups is 2. The summed E-state index contributed by atoms with van der Waals surface area (Å²) in [4.78, 5) is 31.9. The topological polar surface area (TPSA) is 62.3 Å². The summed E-state index contributed by atoms with van der Waals surface area (Å²) in [5, 5.41) is 2.99. The molecule has 1 aliphatic rings. The summed E-state index contributed by atoms with van der Waals surface area (Å²) in [6.45, 7) is 4.49. The molecule has 2 amide bonds. The van der Waals surface area contributed by atoms with Gasteiger partial charge in [-0.1, -0.05) is 42.0 Å². The highest BCUT2D eigenvalue weighted by molar-refractivity contribution is 6.11. The molecule has 5 heteroatoms. The largest absolute Gasteiger partial charge is 0.352 e. The third kappa shape index (κ3) is 3.76. The van der Waals surface area contributed by atoms with Crippen LogP contribution in [0.15, 0.2) is 66.9 Å². The second-order valence-corrected chi connectivity index (χ2v) is 7.37. The Balaban J connectivity index is 1.57. The van der Waals surface area contributed by atoms with Gasteiger partial charge in [-0.25, -0.2) is 0 Å². The molecule has 4 rings (SSSR count). The minimum Gasteiger partial charge on any atom is -0.352 e. The van der Waals surface area contributed by atoms with E-state index in [1.54, 1.807) is 23.2 Å². The normalized spacial score (nSPS) is 15.3. The fraction of sp³-hybridized carbons (Fsp3) is 0.208. The molecular weight excluding hydrogens is 362 g/mol. The quantitative estimate of drug-likeness (QED) is 0.719. The number of hydrogen-bond acceptors (Lipinski definition) is 3. The van der Waals surface area contributed by atoms with E-state index in [2.05, 4.69) is 10.3 Å². The minimum absolute atomic E-state index is 0.110. The minimum atomic E-state index is -0.418. The molecule has 0 saturated heterocycles. The van der Waals surface area contributed by atoms with Gasteiger partial charge in [-0.15, -0.1) is 0 Å². The van der Waals surface area contributed by atoms with Gasteiger partial charge in [-0.3, -0.25) is 19.5 Å². The van der Waals surface area contributed by atoms with Crippen molar-refractivity contribution in [1.82, 2.24) is 10.3 Å². The van der Waals surface area contributed by atoms with Crippen LogP contribution in [0.3, 0.4) is 0 Å². The number of rotatable bonds is 5. The van der Waals surface area contributed by atoms with Gasteiger partial charge >= 0.3 is 0 Å². The second kappa shape index (κ2) is 7.87. The van der Waals surface area contributed by atoms with Crippen LogP contribution in [-0.4, -0.2) is 16.8 Å². The lowest BCUT2D eigenvalue weighted by Gasteiger charge is -2.25. The Morgan fingerprint density at radius 2 is 1.79 bits per heavy atom. The van der Waals surface area contributed by atoms with Gasteiger partial charge in [-0.05, 0) is 49.2 Å². The first-order valence-corrected chi connectivity index (χ1v) is 9.71.